The molecule has 4 fully saturated rings. The minimum Gasteiger partial charge on any atom is -0.493 e. The summed E-state index contributed by atoms with van der Waals surface area (Å²) in [5.41, 5.74) is 2.46. The van der Waals surface area contributed by atoms with Crippen molar-refractivity contribution in [2.75, 3.05) is 27.8 Å². The topological polar surface area (TPSA) is 51.2 Å². The molecule has 3 saturated carbocycles. The zero-order valence-electron chi connectivity index (χ0n) is 20.6. The molecule has 5 nitrogen and oxygen atoms in total. The highest BCUT2D eigenvalue weighted by Crippen LogP contribution is 2.80. The molecule has 4 bridgehead atoms. The average molecular weight is 462 g/mol. The van der Waals surface area contributed by atoms with Crippen molar-refractivity contribution >= 4 is 0 Å². The van der Waals surface area contributed by atoms with E-state index in [1.807, 2.05) is 37.4 Å². The number of aliphatic hydroxyl groups excluding tert-OH is 1. The third kappa shape index (κ3) is 2.00. The highest BCUT2D eigenvalue weighted by molar-refractivity contribution is 5.65. The van der Waals surface area contributed by atoms with E-state index in [1.54, 1.807) is 7.11 Å². The highest BCUT2D eigenvalue weighted by Gasteiger charge is 2.85. The predicted molar refractivity (Wildman–Crippen MR) is 129 cm³/mol. The van der Waals surface area contributed by atoms with Gasteiger partial charge in [0.05, 0.1) is 18.6 Å². The number of hydrogen-bond acceptors (Lipinski definition) is 5. The summed E-state index contributed by atoms with van der Waals surface area (Å²) in [5.74, 6) is 1.69. The van der Waals surface area contributed by atoms with Gasteiger partial charge in [0.2, 0.25) is 0 Å². The first kappa shape index (κ1) is 21.2. The lowest BCUT2D eigenvalue weighted by atomic mass is 9.31. The van der Waals surface area contributed by atoms with Crippen LogP contribution < -0.4 is 9.47 Å². The summed E-state index contributed by atoms with van der Waals surface area (Å²) in [6.45, 7) is 3.35. The quantitative estimate of drug-likeness (QED) is 0.737. The number of benzene rings is 2. The molecule has 2 spiro atoms. The lowest BCUT2D eigenvalue weighted by Crippen LogP contribution is -2.85. The maximum atomic E-state index is 11.9. The Kier molecular flexibility index (Phi) is 4.10. The Bertz CT molecular complexity index is 1170. The van der Waals surface area contributed by atoms with Crippen molar-refractivity contribution in [2.24, 2.45) is 11.3 Å². The number of piperidine rings is 1. The monoisotopic (exact) mass is 461 g/mol. The van der Waals surface area contributed by atoms with Crippen LogP contribution in [0.4, 0.5) is 0 Å². The van der Waals surface area contributed by atoms with Gasteiger partial charge in [-0.25, -0.2) is 0 Å². The fraction of sp³-hybridized carbons (Fsp3) is 0.586. The first-order valence-electron chi connectivity index (χ1n) is 12.8. The Morgan fingerprint density at radius 3 is 2.62 bits per heavy atom. The number of fused-ring (bicyclic) bond motifs is 2. The molecule has 2 aromatic rings. The van der Waals surface area contributed by atoms with Crippen molar-refractivity contribution in [3.63, 3.8) is 0 Å². The van der Waals surface area contributed by atoms with E-state index in [4.69, 9.17) is 14.2 Å². The fourth-order valence-corrected chi connectivity index (χ4v) is 9.82. The molecule has 0 radical (unpaired) electrons. The maximum absolute atomic E-state index is 11.9. The summed E-state index contributed by atoms with van der Waals surface area (Å²) in [7, 11) is 5.87. The maximum Gasteiger partial charge on any atom is 0.166 e. The molecule has 34 heavy (non-hydrogen) atoms. The largest absolute Gasteiger partial charge is 0.493 e. The summed E-state index contributed by atoms with van der Waals surface area (Å²) in [4.78, 5) is 2.59. The van der Waals surface area contributed by atoms with Crippen LogP contribution >= 0.6 is 0 Å². The van der Waals surface area contributed by atoms with E-state index in [0.29, 0.717) is 6.04 Å². The molecular formula is C29H35NO4. The molecule has 2 heterocycles. The smallest absolute Gasteiger partial charge is 0.166 e. The number of aliphatic hydroxyl groups is 1. The number of methoxy groups -OCH3 is 2. The first-order chi connectivity index (χ1) is 16.4. The summed E-state index contributed by atoms with van der Waals surface area (Å²) < 4.78 is 19.7. The molecule has 4 aliphatic carbocycles. The van der Waals surface area contributed by atoms with Crippen LogP contribution in [0.5, 0.6) is 11.5 Å². The summed E-state index contributed by atoms with van der Waals surface area (Å²) in [5, 5.41) is 11.9. The number of rotatable bonds is 4. The molecule has 6 aliphatic rings. The van der Waals surface area contributed by atoms with Crippen molar-refractivity contribution in [1.82, 2.24) is 4.90 Å². The van der Waals surface area contributed by atoms with Gasteiger partial charge in [-0.15, -0.1) is 0 Å². The Hall–Kier alpha value is -2.08. The predicted octanol–water partition coefficient (Wildman–Crippen LogP) is 4.26. The van der Waals surface area contributed by atoms with Gasteiger partial charge in [0.1, 0.15) is 11.2 Å². The molecule has 2 aliphatic heterocycles. The lowest BCUT2D eigenvalue weighted by Gasteiger charge is -2.77. The minimum absolute atomic E-state index is 0.0278. The highest BCUT2D eigenvalue weighted by atomic mass is 16.6. The van der Waals surface area contributed by atoms with Crippen molar-refractivity contribution in [3.8, 4) is 11.5 Å². The standard InChI is InChI=1S/C29H35NO4/c1-26-28-14-15-30(2)22(16-19-10-11-21(32-3)25(34-26)23(19)28)27(28)12-13-29(26,33-4)20(17-27)24(31)18-8-6-5-7-9-18/h5-11,20,22,24,31H,12-17H2,1-4H3/t20-,22-,24-,26-,27-,28+,29-/m1/s1. The number of ether oxygens (including phenoxy) is 3. The number of nitrogens with zero attached hydrogens (tertiary/aromatic N) is 1. The number of hydrogen-bond donors (Lipinski definition) is 1. The minimum atomic E-state index is -0.603. The zero-order valence-corrected chi connectivity index (χ0v) is 20.6. The Labute approximate surface area is 202 Å². The van der Waals surface area contributed by atoms with E-state index < -0.39 is 17.3 Å². The molecular weight excluding hydrogens is 426 g/mol. The van der Waals surface area contributed by atoms with E-state index in [2.05, 4.69) is 31.0 Å². The second kappa shape index (κ2) is 6.57. The van der Waals surface area contributed by atoms with Crippen LogP contribution in [0.25, 0.3) is 0 Å². The van der Waals surface area contributed by atoms with Crippen molar-refractivity contribution in [3.05, 3.63) is 59.2 Å². The van der Waals surface area contributed by atoms with Crippen LogP contribution in [0, 0.1) is 11.3 Å². The third-order valence-corrected chi connectivity index (χ3v) is 11.1. The van der Waals surface area contributed by atoms with Gasteiger partial charge in [0.25, 0.3) is 0 Å². The van der Waals surface area contributed by atoms with Crippen molar-refractivity contribution < 1.29 is 19.3 Å². The third-order valence-electron chi connectivity index (χ3n) is 11.1. The van der Waals surface area contributed by atoms with Crippen LogP contribution in [0.3, 0.4) is 0 Å². The van der Waals surface area contributed by atoms with Gasteiger partial charge in [0.15, 0.2) is 11.5 Å². The van der Waals surface area contributed by atoms with E-state index in [-0.39, 0.29) is 16.7 Å². The molecule has 2 aromatic carbocycles. The molecule has 5 heteroatoms. The van der Waals surface area contributed by atoms with Crippen LogP contribution in [-0.2, 0) is 16.6 Å². The lowest BCUT2D eigenvalue weighted by molar-refractivity contribution is -0.327. The second-order valence-electron chi connectivity index (χ2n) is 11.5. The average Bonchev–Trinajstić information content (AvgIpc) is 3.16. The van der Waals surface area contributed by atoms with Gasteiger partial charge in [-0.05, 0) is 69.8 Å². The van der Waals surface area contributed by atoms with E-state index in [9.17, 15) is 5.11 Å². The van der Waals surface area contributed by atoms with Gasteiger partial charge in [-0.3, -0.25) is 0 Å². The van der Waals surface area contributed by atoms with E-state index in [0.717, 1.165) is 55.7 Å². The van der Waals surface area contributed by atoms with Gasteiger partial charge in [0, 0.05) is 30.0 Å². The molecule has 0 unspecified atom stereocenters. The molecule has 0 amide bonds. The summed E-state index contributed by atoms with van der Waals surface area (Å²) in [6, 6.07) is 14.9. The van der Waals surface area contributed by atoms with Gasteiger partial charge in [-0.2, -0.15) is 0 Å². The molecule has 1 saturated heterocycles. The van der Waals surface area contributed by atoms with E-state index in [1.165, 1.54) is 11.1 Å². The van der Waals surface area contributed by atoms with Gasteiger partial charge < -0.3 is 24.2 Å². The molecule has 7 atom stereocenters. The molecule has 1 N–H and O–H groups in total. The fourth-order valence-electron chi connectivity index (χ4n) is 9.82. The van der Waals surface area contributed by atoms with Crippen LogP contribution in [0.15, 0.2) is 42.5 Å². The Morgan fingerprint density at radius 1 is 1.09 bits per heavy atom. The molecule has 180 valence electrons. The Balaban J connectivity index is 1.52. The normalized spacial score (nSPS) is 42.1. The van der Waals surface area contributed by atoms with Crippen LogP contribution in [0.1, 0.15) is 55.4 Å². The van der Waals surface area contributed by atoms with Crippen molar-refractivity contribution in [2.45, 2.75) is 67.8 Å². The molecule has 0 aromatic heterocycles. The van der Waals surface area contributed by atoms with E-state index >= 15 is 0 Å². The van der Waals surface area contributed by atoms with Gasteiger partial charge >= 0.3 is 0 Å². The zero-order chi connectivity index (χ0) is 23.5. The van der Waals surface area contributed by atoms with Crippen molar-refractivity contribution in [1.29, 1.82) is 0 Å². The summed E-state index contributed by atoms with van der Waals surface area (Å²) in [6.07, 6.45) is 4.41. The number of likely N-dealkylation sites (N-methyl/N-ethyl adjacent to an activating group) is 1. The van der Waals surface area contributed by atoms with Crippen LogP contribution in [0.2, 0.25) is 0 Å². The van der Waals surface area contributed by atoms with Gasteiger partial charge in [-0.1, -0.05) is 36.4 Å². The number of likely N-dealkylation sites (tertiary alicyclic amines) is 1. The Morgan fingerprint density at radius 2 is 1.88 bits per heavy atom. The summed E-state index contributed by atoms with van der Waals surface area (Å²) >= 11 is 0. The second-order valence-corrected chi connectivity index (χ2v) is 11.5. The molecule has 8 rings (SSSR count). The van der Waals surface area contributed by atoms with Crippen LogP contribution in [-0.4, -0.2) is 55.1 Å². The SMILES string of the molecule is COc1ccc2c3c1O[C@]1(C)[C@]34CCN(C)[C@H](C2)[C@]42CC[C@@]1(OC)[C@@H]([C@H](O)c1ccccc1)C2. The first-order valence-corrected chi connectivity index (χ1v) is 12.8.